The zero-order valence-electron chi connectivity index (χ0n) is 19.7. The van der Waals surface area contributed by atoms with Crippen molar-refractivity contribution in [3.05, 3.63) is 59.7 Å². The third-order valence-electron chi connectivity index (χ3n) is 7.82. The van der Waals surface area contributed by atoms with Gasteiger partial charge in [-0.2, -0.15) is 0 Å². The molecule has 35 heavy (non-hydrogen) atoms. The smallest absolute Gasteiger partial charge is 0.407 e. The van der Waals surface area contributed by atoms with Crippen LogP contribution in [0.1, 0.15) is 49.1 Å². The van der Waals surface area contributed by atoms with Gasteiger partial charge in [-0.25, -0.2) is 9.59 Å². The molecule has 8 nitrogen and oxygen atoms in total. The highest BCUT2D eigenvalue weighted by Crippen LogP contribution is 2.47. The molecule has 184 valence electrons. The highest BCUT2D eigenvalue weighted by atomic mass is 16.5. The standard InChI is InChI=1S/C27H30N2O6/c1-34-23(24(30)29-17-10-13-27(29,14-11-17)25(31)32)12-15-28-26(33)35-16-22-20-8-4-2-6-18(20)19-7-3-5-9-21(19)22/h2-9,17,22-23H,10-16H2,1H3,(H,28,33)(H,31,32). The molecule has 2 aromatic carbocycles. The number of rotatable bonds is 8. The third kappa shape index (κ3) is 3.95. The molecular formula is C27H30N2O6. The molecule has 2 N–H and O–H groups in total. The lowest BCUT2D eigenvalue weighted by Crippen LogP contribution is -2.54. The molecular weight excluding hydrogens is 448 g/mol. The molecule has 1 atom stereocenters. The Bertz CT molecular complexity index is 1090. The number of carbonyl (C=O) groups is 3. The van der Waals surface area contributed by atoms with E-state index in [4.69, 9.17) is 9.47 Å². The van der Waals surface area contributed by atoms with Crippen molar-refractivity contribution in [3.63, 3.8) is 0 Å². The average molecular weight is 479 g/mol. The van der Waals surface area contributed by atoms with E-state index >= 15 is 0 Å². The molecule has 2 aromatic rings. The number of methoxy groups -OCH3 is 1. The van der Waals surface area contributed by atoms with Crippen LogP contribution in [0.15, 0.2) is 48.5 Å². The Balaban J connectivity index is 1.15. The number of ether oxygens (including phenoxy) is 2. The molecule has 0 saturated carbocycles. The summed E-state index contributed by atoms with van der Waals surface area (Å²) >= 11 is 0. The van der Waals surface area contributed by atoms with Crippen LogP contribution < -0.4 is 5.32 Å². The maximum Gasteiger partial charge on any atom is 0.407 e. The maximum atomic E-state index is 13.1. The summed E-state index contributed by atoms with van der Waals surface area (Å²) < 4.78 is 10.9. The Morgan fingerprint density at radius 1 is 1.06 bits per heavy atom. The summed E-state index contributed by atoms with van der Waals surface area (Å²) in [5, 5.41) is 12.5. The molecule has 5 rings (SSSR count). The molecule has 1 unspecified atom stereocenters. The first kappa shape index (κ1) is 23.4. The van der Waals surface area contributed by atoms with Gasteiger partial charge in [0.25, 0.3) is 5.91 Å². The van der Waals surface area contributed by atoms with Gasteiger partial charge in [-0.1, -0.05) is 48.5 Å². The number of hydrogen-bond acceptors (Lipinski definition) is 5. The van der Waals surface area contributed by atoms with Crippen LogP contribution in [0.4, 0.5) is 4.79 Å². The Morgan fingerprint density at radius 3 is 2.23 bits per heavy atom. The van der Waals surface area contributed by atoms with Gasteiger partial charge in [-0.15, -0.1) is 0 Å². The monoisotopic (exact) mass is 478 g/mol. The van der Waals surface area contributed by atoms with Gasteiger partial charge in [-0.05, 0) is 47.9 Å². The van der Waals surface area contributed by atoms with Crippen LogP contribution in [0.5, 0.6) is 0 Å². The summed E-state index contributed by atoms with van der Waals surface area (Å²) in [6.07, 6.45) is 1.22. The van der Waals surface area contributed by atoms with Gasteiger partial charge in [0.05, 0.1) is 0 Å². The van der Waals surface area contributed by atoms with Crippen LogP contribution >= 0.6 is 0 Å². The lowest BCUT2D eigenvalue weighted by atomic mass is 9.88. The van der Waals surface area contributed by atoms with E-state index in [0.717, 1.165) is 22.3 Å². The number of amides is 2. The predicted octanol–water partition coefficient (Wildman–Crippen LogP) is 3.54. The van der Waals surface area contributed by atoms with E-state index in [1.807, 2.05) is 24.3 Å². The fourth-order valence-electron chi connectivity index (χ4n) is 6.09. The maximum absolute atomic E-state index is 13.1. The second-order valence-electron chi connectivity index (χ2n) is 9.54. The zero-order valence-corrected chi connectivity index (χ0v) is 19.7. The van der Waals surface area contributed by atoms with Gasteiger partial charge in [0.2, 0.25) is 0 Å². The lowest BCUT2D eigenvalue weighted by molar-refractivity contribution is -0.160. The van der Waals surface area contributed by atoms with Crippen molar-refractivity contribution >= 4 is 18.0 Å². The number of nitrogens with zero attached hydrogens (tertiary/aromatic N) is 1. The van der Waals surface area contributed by atoms with Crippen molar-refractivity contribution in [1.82, 2.24) is 10.2 Å². The van der Waals surface area contributed by atoms with Crippen LogP contribution in [0.2, 0.25) is 0 Å². The van der Waals surface area contributed by atoms with Crippen molar-refractivity contribution in [3.8, 4) is 11.1 Å². The SMILES string of the molecule is COC(CCNC(=O)OCC1c2ccccc2-c2ccccc21)C(=O)N1C2CCC1(C(=O)O)CC2. The molecule has 8 heteroatoms. The van der Waals surface area contributed by atoms with E-state index in [-0.39, 0.29) is 37.4 Å². The van der Waals surface area contributed by atoms with Crippen LogP contribution in [0.25, 0.3) is 11.1 Å². The van der Waals surface area contributed by atoms with Gasteiger partial charge in [0, 0.05) is 32.0 Å². The predicted molar refractivity (Wildman–Crippen MR) is 128 cm³/mol. The highest BCUT2D eigenvalue weighted by Gasteiger charge is 2.59. The fourth-order valence-corrected chi connectivity index (χ4v) is 6.09. The summed E-state index contributed by atoms with van der Waals surface area (Å²) in [6.45, 7) is 0.391. The Hall–Kier alpha value is -3.39. The summed E-state index contributed by atoms with van der Waals surface area (Å²) in [6, 6.07) is 16.2. The highest BCUT2D eigenvalue weighted by molar-refractivity contribution is 5.91. The van der Waals surface area contributed by atoms with Crippen molar-refractivity contribution in [2.45, 2.75) is 55.7 Å². The molecule has 2 bridgehead atoms. The molecule has 0 radical (unpaired) electrons. The van der Waals surface area contributed by atoms with E-state index < -0.39 is 23.7 Å². The number of alkyl carbamates (subject to hydrolysis) is 1. The second kappa shape index (κ2) is 9.34. The lowest BCUT2D eigenvalue weighted by Gasteiger charge is -2.33. The van der Waals surface area contributed by atoms with Crippen molar-refractivity contribution in [2.75, 3.05) is 20.3 Å². The van der Waals surface area contributed by atoms with Gasteiger partial charge in [0.1, 0.15) is 18.2 Å². The minimum absolute atomic E-state index is 0.0284. The Kier molecular flexibility index (Phi) is 6.23. The largest absolute Gasteiger partial charge is 0.479 e. The molecule has 0 spiro atoms. The molecule has 2 heterocycles. The number of fused-ring (bicyclic) bond motifs is 5. The second-order valence-corrected chi connectivity index (χ2v) is 9.54. The first-order chi connectivity index (χ1) is 17.0. The third-order valence-corrected chi connectivity index (χ3v) is 7.82. The fraction of sp³-hybridized carbons (Fsp3) is 0.444. The first-order valence-corrected chi connectivity index (χ1v) is 12.1. The molecule has 1 aliphatic carbocycles. The van der Waals surface area contributed by atoms with E-state index in [1.54, 1.807) is 0 Å². The van der Waals surface area contributed by atoms with Gasteiger partial charge < -0.3 is 24.8 Å². The minimum atomic E-state index is -1.11. The van der Waals surface area contributed by atoms with Crippen LogP contribution in [0.3, 0.4) is 0 Å². The number of aliphatic carboxylic acids is 1. The molecule has 0 aromatic heterocycles. The van der Waals surface area contributed by atoms with E-state index in [1.165, 1.54) is 12.0 Å². The van der Waals surface area contributed by atoms with Crippen LogP contribution in [-0.4, -0.2) is 65.9 Å². The van der Waals surface area contributed by atoms with Gasteiger partial charge in [0.15, 0.2) is 0 Å². The molecule has 2 saturated heterocycles. The normalized spacial score (nSPS) is 23.0. The average Bonchev–Trinajstić information content (AvgIpc) is 3.54. The van der Waals surface area contributed by atoms with Gasteiger partial charge in [-0.3, -0.25) is 4.79 Å². The Morgan fingerprint density at radius 2 is 1.66 bits per heavy atom. The number of nitrogens with one attached hydrogen (secondary N) is 1. The summed E-state index contributed by atoms with van der Waals surface area (Å²) in [4.78, 5) is 39.0. The van der Waals surface area contributed by atoms with Crippen LogP contribution in [-0.2, 0) is 19.1 Å². The number of carboxylic acid groups (broad SMARTS) is 1. The topological polar surface area (TPSA) is 105 Å². The van der Waals surface area contributed by atoms with E-state index in [9.17, 15) is 19.5 Å². The van der Waals surface area contributed by atoms with Crippen LogP contribution in [0, 0.1) is 0 Å². The summed E-state index contributed by atoms with van der Waals surface area (Å²) in [5.74, 6) is -1.29. The quantitative estimate of drug-likeness (QED) is 0.601. The van der Waals surface area contributed by atoms with E-state index in [0.29, 0.717) is 25.7 Å². The van der Waals surface area contributed by atoms with Crippen molar-refractivity contribution in [1.29, 1.82) is 0 Å². The molecule has 3 aliphatic rings. The molecule has 2 amide bonds. The summed E-state index contributed by atoms with van der Waals surface area (Å²) in [5.41, 5.74) is 3.49. The van der Waals surface area contributed by atoms with E-state index in [2.05, 4.69) is 29.6 Å². The molecule has 2 aliphatic heterocycles. The number of benzene rings is 2. The summed E-state index contributed by atoms with van der Waals surface area (Å²) in [7, 11) is 1.43. The Labute approximate surface area is 204 Å². The van der Waals surface area contributed by atoms with Gasteiger partial charge >= 0.3 is 12.1 Å². The first-order valence-electron chi connectivity index (χ1n) is 12.1. The minimum Gasteiger partial charge on any atom is -0.479 e. The molecule has 2 fully saturated rings. The van der Waals surface area contributed by atoms with Crippen molar-refractivity contribution < 1.29 is 29.0 Å². The number of carbonyl (C=O) groups excluding carboxylic acids is 2. The number of carboxylic acids is 1. The zero-order chi connectivity index (χ0) is 24.6. The van der Waals surface area contributed by atoms with Crippen molar-refractivity contribution in [2.24, 2.45) is 0 Å². The number of hydrogen-bond donors (Lipinski definition) is 2.